The second-order valence-electron chi connectivity index (χ2n) is 6.47. The van der Waals surface area contributed by atoms with E-state index in [9.17, 15) is 13.2 Å². The van der Waals surface area contributed by atoms with Gasteiger partial charge in [0.15, 0.2) is 11.5 Å². The number of methoxy groups -OCH3 is 3. The van der Waals surface area contributed by atoms with Crippen LogP contribution in [0.4, 0.5) is 0 Å². The highest BCUT2D eigenvalue weighted by molar-refractivity contribution is 7.89. The zero-order valence-electron chi connectivity index (χ0n) is 16.5. The molecule has 3 rings (SSSR count). The summed E-state index contributed by atoms with van der Waals surface area (Å²) in [5.41, 5.74) is 0.485. The fourth-order valence-electron chi connectivity index (χ4n) is 2.93. The normalized spacial score (nSPS) is 14.3. The van der Waals surface area contributed by atoms with E-state index in [2.05, 4.69) is 4.74 Å². The van der Waals surface area contributed by atoms with Gasteiger partial charge in [-0.3, -0.25) is 0 Å². The van der Waals surface area contributed by atoms with E-state index < -0.39 is 16.0 Å². The van der Waals surface area contributed by atoms with Crippen LogP contribution in [0.3, 0.4) is 0 Å². The third-order valence-electron chi connectivity index (χ3n) is 4.51. The van der Waals surface area contributed by atoms with Gasteiger partial charge in [0, 0.05) is 23.5 Å². The maximum atomic E-state index is 13.6. The first-order valence-electron chi connectivity index (χ1n) is 8.97. The van der Waals surface area contributed by atoms with E-state index in [4.69, 9.17) is 9.47 Å². The molecule has 1 fully saturated rings. The Hall–Kier alpha value is -2.36. The topological polar surface area (TPSA) is 82.1 Å². The first-order valence-corrected chi connectivity index (χ1v) is 11.3. The second kappa shape index (κ2) is 8.98. The predicted octanol–water partition coefficient (Wildman–Crippen LogP) is 3.30. The molecule has 1 aromatic heterocycles. The number of hydrogen-bond acceptors (Lipinski definition) is 7. The Balaban J connectivity index is 2.07. The van der Waals surface area contributed by atoms with E-state index in [0.29, 0.717) is 12.1 Å². The number of nitrogens with zero attached hydrogens (tertiary/aromatic N) is 1. The Bertz CT molecular complexity index is 994. The predicted molar refractivity (Wildman–Crippen MR) is 111 cm³/mol. The van der Waals surface area contributed by atoms with Crippen molar-refractivity contribution in [1.29, 1.82) is 0 Å². The van der Waals surface area contributed by atoms with Crippen molar-refractivity contribution in [3.8, 4) is 11.5 Å². The summed E-state index contributed by atoms with van der Waals surface area (Å²) >= 11 is 1.52. The number of rotatable bonds is 9. The van der Waals surface area contributed by atoms with E-state index >= 15 is 0 Å². The van der Waals surface area contributed by atoms with Gasteiger partial charge in [0.2, 0.25) is 10.0 Å². The zero-order valence-corrected chi connectivity index (χ0v) is 18.1. The van der Waals surface area contributed by atoms with Gasteiger partial charge in [-0.25, -0.2) is 13.2 Å². The first kappa shape index (κ1) is 21.4. The average molecular weight is 438 g/mol. The van der Waals surface area contributed by atoms with Gasteiger partial charge in [-0.2, -0.15) is 4.31 Å². The molecule has 7 nitrogen and oxygen atoms in total. The molecular formula is C20H23NO6S2. The van der Waals surface area contributed by atoms with Crippen molar-refractivity contribution in [1.82, 2.24) is 4.31 Å². The number of thiophene rings is 1. The third kappa shape index (κ3) is 4.80. The molecule has 1 heterocycles. The van der Waals surface area contributed by atoms with Crippen LogP contribution >= 0.6 is 11.3 Å². The number of ether oxygens (including phenoxy) is 3. The summed E-state index contributed by atoms with van der Waals surface area (Å²) in [7, 11) is 0.243. The van der Waals surface area contributed by atoms with Crippen LogP contribution in [0, 0.1) is 0 Å². The molecule has 0 amide bonds. The van der Waals surface area contributed by atoms with Crippen LogP contribution in [0.1, 0.15) is 23.3 Å². The van der Waals surface area contributed by atoms with Crippen LogP contribution < -0.4 is 9.47 Å². The number of hydrogen-bond donors (Lipinski definition) is 0. The van der Waals surface area contributed by atoms with Gasteiger partial charge in [0.25, 0.3) is 0 Å². The Labute approximate surface area is 174 Å². The van der Waals surface area contributed by atoms with Crippen LogP contribution in [0.15, 0.2) is 40.6 Å². The molecule has 1 saturated carbocycles. The summed E-state index contributed by atoms with van der Waals surface area (Å²) < 4.78 is 44.1. The monoisotopic (exact) mass is 437 g/mol. The maximum Gasteiger partial charge on any atom is 0.330 e. The molecule has 0 saturated heterocycles. The molecule has 156 valence electrons. The van der Waals surface area contributed by atoms with Crippen molar-refractivity contribution in [2.24, 2.45) is 0 Å². The summed E-state index contributed by atoms with van der Waals surface area (Å²) in [4.78, 5) is 12.4. The summed E-state index contributed by atoms with van der Waals surface area (Å²) in [5.74, 6) is -0.133. The van der Waals surface area contributed by atoms with E-state index in [1.807, 2.05) is 17.5 Å². The minimum absolute atomic E-state index is 0.00678. The summed E-state index contributed by atoms with van der Waals surface area (Å²) in [5, 5.41) is 1.93. The second-order valence-corrected chi connectivity index (χ2v) is 9.36. The molecule has 0 N–H and O–H groups in total. The van der Waals surface area contributed by atoms with Crippen LogP contribution in [0.5, 0.6) is 11.5 Å². The summed E-state index contributed by atoms with van der Waals surface area (Å²) in [6.07, 6.45) is 4.35. The molecule has 0 aliphatic heterocycles. The highest BCUT2D eigenvalue weighted by atomic mass is 32.2. The van der Waals surface area contributed by atoms with Gasteiger partial charge in [-0.05, 0) is 48.1 Å². The first-order chi connectivity index (χ1) is 13.9. The third-order valence-corrected chi connectivity index (χ3v) is 7.28. The molecular weight excluding hydrogens is 414 g/mol. The van der Waals surface area contributed by atoms with Crippen molar-refractivity contribution >= 4 is 33.4 Å². The molecule has 0 spiro atoms. The Morgan fingerprint density at radius 2 is 2.00 bits per heavy atom. The molecule has 1 aliphatic rings. The smallest absolute Gasteiger partial charge is 0.330 e. The number of sulfonamides is 1. The largest absolute Gasteiger partial charge is 0.493 e. The van der Waals surface area contributed by atoms with E-state index in [-0.39, 0.29) is 22.4 Å². The van der Waals surface area contributed by atoms with E-state index in [1.165, 1.54) is 55.2 Å². The lowest BCUT2D eigenvalue weighted by atomic mass is 10.2. The summed E-state index contributed by atoms with van der Waals surface area (Å²) in [6, 6.07) is 6.88. The van der Waals surface area contributed by atoms with Gasteiger partial charge >= 0.3 is 5.97 Å². The van der Waals surface area contributed by atoms with Crippen molar-refractivity contribution in [2.45, 2.75) is 30.3 Å². The fraction of sp³-hybridized carbons (Fsp3) is 0.350. The molecule has 0 atom stereocenters. The number of esters is 1. The minimum atomic E-state index is -3.87. The van der Waals surface area contributed by atoms with Gasteiger partial charge in [0.1, 0.15) is 4.90 Å². The van der Waals surface area contributed by atoms with Crippen LogP contribution in [0.25, 0.3) is 6.08 Å². The highest BCUT2D eigenvalue weighted by Crippen LogP contribution is 2.41. The molecule has 1 aliphatic carbocycles. The Morgan fingerprint density at radius 3 is 2.55 bits per heavy atom. The average Bonchev–Trinajstić information content (AvgIpc) is 3.43. The molecule has 0 bridgehead atoms. The van der Waals surface area contributed by atoms with Crippen LogP contribution in [0.2, 0.25) is 0 Å². The standard InChI is InChI=1S/C20H23NO6S2/c1-25-17-11-14(6-9-19(22)26-2)12-18(20(17)27-3)29(23,24)21(15-7-8-15)13-16-5-4-10-28-16/h4-6,9-12,15H,7-8,13H2,1-3H3/b9-6+. The molecule has 9 heteroatoms. The molecule has 0 radical (unpaired) electrons. The lowest BCUT2D eigenvalue weighted by Crippen LogP contribution is -2.32. The quantitative estimate of drug-likeness (QED) is 0.442. The fourth-order valence-corrected chi connectivity index (χ4v) is 5.58. The molecule has 1 aromatic carbocycles. The van der Waals surface area contributed by atoms with E-state index in [0.717, 1.165) is 17.7 Å². The van der Waals surface area contributed by atoms with Gasteiger partial charge in [-0.1, -0.05) is 6.07 Å². The number of carbonyl (C=O) groups is 1. The number of carbonyl (C=O) groups excluding carboxylic acids is 1. The van der Waals surface area contributed by atoms with Crippen LogP contribution in [-0.2, 0) is 26.1 Å². The maximum absolute atomic E-state index is 13.6. The molecule has 2 aromatic rings. The Kier molecular flexibility index (Phi) is 6.61. The van der Waals surface area contributed by atoms with Crippen molar-refractivity contribution < 1.29 is 27.4 Å². The van der Waals surface area contributed by atoms with Gasteiger partial charge in [0.05, 0.1) is 21.3 Å². The lowest BCUT2D eigenvalue weighted by Gasteiger charge is -2.23. The summed E-state index contributed by atoms with van der Waals surface area (Å²) in [6.45, 7) is 0.304. The number of benzene rings is 1. The SMILES string of the molecule is COC(=O)/C=C/c1cc(OC)c(OC)c(S(=O)(=O)N(Cc2cccs2)C2CC2)c1. The molecule has 29 heavy (non-hydrogen) atoms. The minimum Gasteiger partial charge on any atom is -0.493 e. The lowest BCUT2D eigenvalue weighted by molar-refractivity contribution is -0.134. The van der Waals surface area contributed by atoms with E-state index in [1.54, 1.807) is 6.07 Å². The van der Waals surface area contributed by atoms with Crippen LogP contribution in [-0.4, -0.2) is 46.1 Å². The van der Waals surface area contributed by atoms with Gasteiger partial charge in [-0.15, -0.1) is 11.3 Å². The zero-order chi connectivity index (χ0) is 21.0. The Morgan fingerprint density at radius 1 is 1.24 bits per heavy atom. The van der Waals surface area contributed by atoms with Crippen molar-refractivity contribution in [3.63, 3.8) is 0 Å². The van der Waals surface area contributed by atoms with Gasteiger partial charge < -0.3 is 14.2 Å². The molecule has 0 unspecified atom stereocenters. The highest BCUT2D eigenvalue weighted by Gasteiger charge is 2.40. The van der Waals surface area contributed by atoms with Crippen molar-refractivity contribution in [2.75, 3.05) is 21.3 Å². The van der Waals surface area contributed by atoms with Crippen molar-refractivity contribution in [3.05, 3.63) is 46.2 Å².